The number of hydrogen-bond acceptors (Lipinski definition) is 6. The zero-order chi connectivity index (χ0) is 16.3. The van der Waals surface area contributed by atoms with Gasteiger partial charge < -0.3 is 11.5 Å². The quantitative estimate of drug-likeness (QED) is 0.470. The maximum atomic E-state index is 5.93. The molecule has 0 fully saturated rings. The van der Waals surface area contributed by atoms with Crippen LogP contribution in [-0.2, 0) is 0 Å². The highest BCUT2D eigenvalue weighted by Crippen LogP contribution is 2.29. The zero-order valence-corrected chi connectivity index (χ0v) is 14.6. The molecule has 6 heteroatoms. The lowest BCUT2D eigenvalue weighted by molar-refractivity contribution is 0.975. The van der Waals surface area contributed by atoms with Gasteiger partial charge in [0, 0.05) is 11.4 Å². The second-order valence-corrected chi connectivity index (χ2v) is 5.97. The van der Waals surface area contributed by atoms with Gasteiger partial charge in [-0.3, -0.25) is 0 Å². The first kappa shape index (κ1) is 19.6. The first-order chi connectivity index (χ1) is 9.96. The summed E-state index contributed by atoms with van der Waals surface area (Å²) in [6, 6.07) is 0. The summed E-state index contributed by atoms with van der Waals surface area (Å²) in [5, 5.41) is 1.68. The molecule has 0 atom stereocenters. The van der Waals surface area contributed by atoms with E-state index in [-0.39, 0.29) is 0 Å². The van der Waals surface area contributed by atoms with E-state index >= 15 is 0 Å². The number of hydrogen-bond donors (Lipinski definition) is 2. The van der Waals surface area contributed by atoms with Crippen LogP contribution in [0.5, 0.6) is 0 Å². The van der Waals surface area contributed by atoms with Crippen molar-refractivity contribution in [3.05, 3.63) is 42.9 Å². The van der Waals surface area contributed by atoms with Gasteiger partial charge in [-0.25, -0.2) is 9.97 Å². The molecule has 0 saturated carbocycles. The Morgan fingerprint density at radius 3 is 2.43 bits per heavy atom. The predicted octanol–water partition coefficient (Wildman–Crippen LogP) is 3.87. The largest absolute Gasteiger partial charge is 0.403 e. The molecular formula is C15H24N4S2. The van der Waals surface area contributed by atoms with E-state index in [1.54, 1.807) is 24.2 Å². The van der Waals surface area contributed by atoms with Gasteiger partial charge in [-0.15, -0.1) is 23.5 Å². The molecule has 0 bridgehead atoms. The highest BCUT2D eigenvalue weighted by molar-refractivity contribution is 8.00. The number of allylic oxidation sites excluding steroid dienone is 4. The Bertz CT molecular complexity index is 494. The number of rotatable bonds is 6. The number of anilines is 1. The first-order valence-electron chi connectivity index (χ1n) is 6.42. The molecule has 4 nitrogen and oxygen atoms in total. The normalized spacial score (nSPS) is 10.5. The van der Waals surface area contributed by atoms with Gasteiger partial charge in [0.25, 0.3) is 0 Å². The Labute approximate surface area is 136 Å². The zero-order valence-electron chi connectivity index (χ0n) is 12.9. The fraction of sp³-hybridized carbons (Fsp3) is 0.333. The van der Waals surface area contributed by atoms with Crippen molar-refractivity contribution in [1.82, 2.24) is 9.97 Å². The minimum Gasteiger partial charge on any atom is -0.403 e. The van der Waals surface area contributed by atoms with Gasteiger partial charge in [0.05, 0.1) is 5.69 Å². The Kier molecular flexibility index (Phi) is 10.5. The van der Waals surface area contributed by atoms with Crippen LogP contribution >= 0.6 is 23.5 Å². The van der Waals surface area contributed by atoms with E-state index in [4.69, 9.17) is 11.5 Å². The van der Waals surface area contributed by atoms with Crippen LogP contribution in [0.2, 0.25) is 0 Å². The molecule has 0 amide bonds. The van der Waals surface area contributed by atoms with Crippen molar-refractivity contribution in [2.24, 2.45) is 5.73 Å². The lowest BCUT2D eigenvalue weighted by Crippen LogP contribution is -1.97. The average Bonchev–Trinajstić information content (AvgIpc) is 2.49. The summed E-state index contributed by atoms with van der Waals surface area (Å²) in [6.07, 6.45) is 8.03. The van der Waals surface area contributed by atoms with Gasteiger partial charge >= 0.3 is 0 Å². The van der Waals surface area contributed by atoms with Crippen LogP contribution in [0.15, 0.2) is 53.0 Å². The second-order valence-electron chi connectivity index (χ2n) is 4.10. The van der Waals surface area contributed by atoms with E-state index in [0.29, 0.717) is 5.69 Å². The van der Waals surface area contributed by atoms with Crippen molar-refractivity contribution in [1.29, 1.82) is 0 Å². The van der Waals surface area contributed by atoms with E-state index in [0.717, 1.165) is 33.5 Å². The van der Waals surface area contributed by atoms with E-state index in [1.165, 1.54) is 11.8 Å². The minimum atomic E-state index is 0.671. The molecule has 1 aromatic heterocycles. The maximum Gasteiger partial charge on any atom is 0.124 e. The summed E-state index contributed by atoms with van der Waals surface area (Å²) in [7, 11) is 0. The molecule has 0 aliphatic carbocycles. The van der Waals surface area contributed by atoms with Crippen molar-refractivity contribution >= 4 is 29.2 Å². The third kappa shape index (κ3) is 8.47. The van der Waals surface area contributed by atoms with Crippen molar-refractivity contribution in [3.63, 3.8) is 0 Å². The number of nitrogens with two attached hydrogens (primary N) is 2. The van der Waals surface area contributed by atoms with Gasteiger partial charge in [0.1, 0.15) is 16.4 Å². The molecular weight excluding hydrogens is 300 g/mol. The molecule has 0 aliphatic rings. The van der Waals surface area contributed by atoms with Crippen LogP contribution in [0.3, 0.4) is 0 Å². The van der Waals surface area contributed by atoms with Crippen molar-refractivity contribution in [2.75, 3.05) is 17.7 Å². The molecule has 21 heavy (non-hydrogen) atoms. The molecule has 1 aromatic rings. The average molecular weight is 325 g/mol. The number of nitrogens with zero attached hydrogens (tertiary/aromatic N) is 2. The van der Waals surface area contributed by atoms with E-state index in [9.17, 15) is 0 Å². The van der Waals surface area contributed by atoms with Crippen LogP contribution in [0, 0.1) is 0 Å². The van der Waals surface area contributed by atoms with Gasteiger partial charge in [0.15, 0.2) is 0 Å². The minimum absolute atomic E-state index is 0.671. The third-order valence-corrected chi connectivity index (χ3v) is 4.13. The Morgan fingerprint density at radius 2 is 1.95 bits per heavy atom. The number of nitrogen functional groups attached to an aromatic ring is 1. The highest BCUT2D eigenvalue weighted by atomic mass is 32.2. The Balaban J connectivity index is 0.000000690. The topological polar surface area (TPSA) is 77.8 Å². The molecule has 0 aromatic carbocycles. The smallest absolute Gasteiger partial charge is 0.124 e. The van der Waals surface area contributed by atoms with Crippen LogP contribution < -0.4 is 11.5 Å². The van der Waals surface area contributed by atoms with Crippen LogP contribution in [0.1, 0.15) is 20.3 Å². The summed E-state index contributed by atoms with van der Waals surface area (Å²) in [5.41, 5.74) is 13.7. The summed E-state index contributed by atoms with van der Waals surface area (Å²) in [6.45, 7) is 11.3. The fourth-order valence-corrected chi connectivity index (χ4v) is 2.49. The van der Waals surface area contributed by atoms with E-state index < -0.39 is 0 Å². The fourth-order valence-electron chi connectivity index (χ4n) is 1.02. The molecule has 4 N–H and O–H groups in total. The molecule has 0 saturated heterocycles. The third-order valence-electron chi connectivity index (χ3n) is 2.41. The van der Waals surface area contributed by atoms with Crippen molar-refractivity contribution in [3.8, 4) is 0 Å². The summed E-state index contributed by atoms with van der Waals surface area (Å²) in [4.78, 5) is 8.26. The Hall–Kier alpha value is -1.40. The molecule has 0 unspecified atom stereocenters. The molecule has 0 spiro atoms. The standard InChI is InChI=1S/C11H15N3S2.C4H9N/c1-4-8(2)5-6-16-11-9(12)10(15-3)13-7-14-11;1-3-4(2)5/h4,7H,1-2,5-6,12H2,3H3;3H,5H2,1-2H3/b;4-3+. The summed E-state index contributed by atoms with van der Waals surface area (Å²) >= 11 is 3.15. The monoisotopic (exact) mass is 324 g/mol. The summed E-state index contributed by atoms with van der Waals surface area (Å²) < 4.78 is 0. The lowest BCUT2D eigenvalue weighted by Gasteiger charge is -2.06. The summed E-state index contributed by atoms with van der Waals surface area (Å²) in [5.74, 6) is 0.903. The van der Waals surface area contributed by atoms with Crippen molar-refractivity contribution in [2.45, 2.75) is 30.3 Å². The van der Waals surface area contributed by atoms with Crippen LogP contribution in [0.25, 0.3) is 0 Å². The molecule has 0 aliphatic heterocycles. The van der Waals surface area contributed by atoms with Crippen LogP contribution in [0.4, 0.5) is 5.69 Å². The molecule has 1 rings (SSSR count). The number of aromatic nitrogens is 2. The van der Waals surface area contributed by atoms with Crippen molar-refractivity contribution < 1.29 is 0 Å². The highest BCUT2D eigenvalue weighted by Gasteiger charge is 2.07. The van der Waals surface area contributed by atoms with Gasteiger partial charge in [-0.05, 0) is 26.5 Å². The lowest BCUT2D eigenvalue weighted by atomic mass is 10.2. The van der Waals surface area contributed by atoms with Gasteiger partial charge in [-0.1, -0.05) is 30.9 Å². The van der Waals surface area contributed by atoms with Gasteiger partial charge in [0.2, 0.25) is 0 Å². The molecule has 116 valence electrons. The molecule has 0 radical (unpaired) electrons. The second kappa shape index (κ2) is 11.3. The maximum absolute atomic E-state index is 5.93. The first-order valence-corrected chi connectivity index (χ1v) is 8.63. The van der Waals surface area contributed by atoms with Gasteiger partial charge in [-0.2, -0.15) is 0 Å². The number of thioether (sulfide) groups is 2. The van der Waals surface area contributed by atoms with E-state index in [2.05, 4.69) is 23.1 Å². The molecule has 1 heterocycles. The predicted molar refractivity (Wildman–Crippen MR) is 96.5 cm³/mol. The van der Waals surface area contributed by atoms with Crippen LogP contribution in [-0.4, -0.2) is 22.0 Å². The van der Waals surface area contributed by atoms with E-state index in [1.807, 2.05) is 26.2 Å². The SMILES string of the molecule is C/C=C(\C)N.C=CC(=C)CCSc1ncnc(SC)c1N. The Morgan fingerprint density at radius 1 is 1.38 bits per heavy atom.